The Labute approximate surface area is 144 Å². The monoisotopic (exact) mass is 357 g/mol. The summed E-state index contributed by atoms with van der Waals surface area (Å²) < 4.78 is 15.7. The number of carbonyl (C=O) groups excluding carboxylic acids is 1. The van der Waals surface area contributed by atoms with E-state index in [2.05, 4.69) is 5.16 Å². The number of rotatable bonds is 7. The molecule has 0 bridgehead atoms. The quantitative estimate of drug-likeness (QED) is 0.528. The molecule has 0 aliphatic rings. The minimum Gasteiger partial charge on any atom is -0.492 e. The standard InChI is InChI=1S/C16H17Cl2NO4/c1-10-9-13(19-23-10)11(2)22-15(20)7-4-8-21-14-6-3-5-12(17)16(14)18/h3,5-6,9,11H,4,7-8H2,1-2H3. The largest absolute Gasteiger partial charge is 0.492 e. The fraction of sp³-hybridized carbons (Fsp3) is 0.375. The Kier molecular flexibility index (Phi) is 6.30. The lowest BCUT2D eigenvalue weighted by Crippen LogP contribution is -2.10. The average Bonchev–Trinajstić information content (AvgIpc) is 2.94. The first-order valence-corrected chi connectivity index (χ1v) is 7.92. The molecule has 1 atom stereocenters. The van der Waals surface area contributed by atoms with E-state index in [-0.39, 0.29) is 12.4 Å². The van der Waals surface area contributed by atoms with Gasteiger partial charge in [-0.15, -0.1) is 0 Å². The van der Waals surface area contributed by atoms with Crippen molar-refractivity contribution in [2.24, 2.45) is 0 Å². The maximum absolute atomic E-state index is 11.8. The molecule has 0 saturated carbocycles. The first kappa shape index (κ1) is 17.6. The number of aromatic nitrogens is 1. The SMILES string of the molecule is Cc1cc(C(C)OC(=O)CCCOc2cccc(Cl)c2Cl)no1. The summed E-state index contributed by atoms with van der Waals surface area (Å²) in [6, 6.07) is 6.89. The van der Waals surface area contributed by atoms with Gasteiger partial charge in [0, 0.05) is 12.5 Å². The molecule has 0 spiro atoms. The molecule has 1 aromatic heterocycles. The van der Waals surface area contributed by atoms with Crippen molar-refractivity contribution in [3.05, 3.63) is 45.8 Å². The topological polar surface area (TPSA) is 61.6 Å². The molecule has 1 heterocycles. The van der Waals surface area contributed by atoms with Gasteiger partial charge < -0.3 is 14.0 Å². The predicted molar refractivity (Wildman–Crippen MR) is 86.9 cm³/mol. The molecule has 0 aliphatic carbocycles. The molecule has 2 aromatic rings. The molecule has 0 N–H and O–H groups in total. The van der Waals surface area contributed by atoms with Crippen LogP contribution in [0, 0.1) is 6.92 Å². The second-order valence-corrected chi connectivity index (χ2v) is 5.78. The van der Waals surface area contributed by atoms with E-state index in [0.29, 0.717) is 40.3 Å². The van der Waals surface area contributed by atoms with E-state index in [0.717, 1.165) is 0 Å². The lowest BCUT2D eigenvalue weighted by atomic mass is 10.2. The highest BCUT2D eigenvalue weighted by atomic mass is 35.5. The van der Waals surface area contributed by atoms with Crippen molar-refractivity contribution in [2.75, 3.05) is 6.61 Å². The number of ether oxygens (including phenoxy) is 2. The lowest BCUT2D eigenvalue weighted by molar-refractivity contribution is -0.149. The summed E-state index contributed by atoms with van der Waals surface area (Å²) in [6.07, 6.45) is 0.300. The molecule has 0 radical (unpaired) electrons. The average molecular weight is 358 g/mol. The molecule has 0 amide bonds. The van der Waals surface area contributed by atoms with E-state index in [1.807, 2.05) is 0 Å². The van der Waals surface area contributed by atoms with Crippen molar-refractivity contribution in [2.45, 2.75) is 32.8 Å². The minimum atomic E-state index is -0.441. The summed E-state index contributed by atoms with van der Waals surface area (Å²) in [5.41, 5.74) is 0.595. The third-order valence-corrected chi connectivity index (χ3v) is 3.87. The zero-order valence-corrected chi connectivity index (χ0v) is 14.4. The summed E-state index contributed by atoms with van der Waals surface area (Å²) in [5, 5.41) is 4.62. The molecule has 0 aliphatic heterocycles. The summed E-state index contributed by atoms with van der Waals surface area (Å²) >= 11 is 11.9. The molecule has 0 fully saturated rings. The zero-order chi connectivity index (χ0) is 16.8. The molecular weight excluding hydrogens is 341 g/mol. The van der Waals surface area contributed by atoms with Crippen LogP contribution in [0.15, 0.2) is 28.8 Å². The number of carbonyl (C=O) groups is 1. The van der Waals surface area contributed by atoms with E-state index >= 15 is 0 Å². The smallest absolute Gasteiger partial charge is 0.306 e. The van der Waals surface area contributed by atoms with E-state index in [1.54, 1.807) is 38.1 Å². The molecule has 0 saturated heterocycles. The van der Waals surface area contributed by atoms with Crippen molar-refractivity contribution in [3.8, 4) is 5.75 Å². The lowest BCUT2D eigenvalue weighted by Gasteiger charge is -2.11. The fourth-order valence-electron chi connectivity index (χ4n) is 1.89. The Bertz CT molecular complexity index is 672. The second-order valence-electron chi connectivity index (χ2n) is 5.00. The molecule has 7 heteroatoms. The summed E-state index contributed by atoms with van der Waals surface area (Å²) in [4.78, 5) is 11.8. The van der Waals surface area contributed by atoms with Crippen molar-refractivity contribution in [3.63, 3.8) is 0 Å². The molecule has 2 rings (SSSR count). The Hall–Kier alpha value is -1.72. The maximum Gasteiger partial charge on any atom is 0.306 e. The van der Waals surface area contributed by atoms with Gasteiger partial charge in [0.05, 0.1) is 11.6 Å². The third kappa shape index (κ3) is 5.15. The number of nitrogens with zero attached hydrogens (tertiary/aromatic N) is 1. The van der Waals surface area contributed by atoms with Gasteiger partial charge in [-0.3, -0.25) is 4.79 Å². The first-order valence-electron chi connectivity index (χ1n) is 7.17. The highest BCUT2D eigenvalue weighted by Gasteiger charge is 2.15. The molecule has 23 heavy (non-hydrogen) atoms. The first-order chi connectivity index (χ1) is 11.0. The van der Waals surface area contributed by atoms with Gasteiger partial charge in [0.25, 0.3) is 0 Å². The third-order valence-electron chi connectivity index (χ3n) is 3.07. The zero-order valence-electron chi connectivity index (χ0n) is 12.8. The molecule has 1 unspecified atom stereocenters. The van der Waals surface area contributed by atoms with Crippen LogP contribution in [0.1, 0.15) is 37.3 Å². The van der Waals surface area contributed by atoms with Crippen LogP contribution in [0.4, 0.5) is 0 Å². The van der Waals surface area contributed by atoms with Crippen LogP contribution in [0.25, 0.3) is 0 Å². The van der Waals surface area contributed by atoms with Crippen LogP contribution in [-0.4, -0.2) is 17.7 Å². The minimum absolute atomic E-state index is 0.235. The summed E-state index contributed by atoms with van der Waals surface area (Å²) in [6.45, 7) is 3.87. The van der Waals surface area contributed by atoms with Gasteiger partial charge in [0.2, 0.25) is 0 Å². The Morgan fingerprint density at radius 2 is 2.17 bits per heavy atom. The predicted octanol–water partition coefficient (Wildman–Crippen LogP) is 4.75. The molecular formula is C16H17Cl2NO4. The van der Waals surface area contributed by atoms with Crippen molar-refractivity contribution >= 4 is 29.2 Å². The highest BCUT2D eigenvalue weighted by Crippen LogP contribution is 2.31. The Morgan fingerprint density at radius 1 is 1.39 bits per heavy atom. The van der Waals surface area contributed by atoms with Gasteiger partial charge >= 0.3 is 5.97 Å². The van der Waals surface area contributed by atoms with E-state index in [9.17, 15) is 4.79 Å². The number of benzene rings is 1. The van der Waals surface area contributed by atoms with Gasteiger partial charge in [-0.05, 0) is 32.4 Å². The molecule has 5 nitrogen and oxygen atoms in total. The van der Waals surface area contributed by atoms with Gasteiger partial charge in [0.15, 0.2) is 0 Å². The van der Waals surface area contributed by atoms with Gasteiger partial charge in [-0.25, -0.2) is 0 Å². The molecule has 1 aromatic carbocycles. The van der Waals surface area contributed by atoms with Gasteiger partial charge in [-0.2, -0.15) is 0 Å². The highest BCUT2D eigenvalue weighted by molar-refractivity contribution is 6.42. The fourth-order valence-corrected chi connectivity index (χ4v) is 2.23. The van der Waals surface area contributed by atoms with Crippen molar-refractivity contribution in [1.29, 1.82) is 0 Å². The number of aryl methyl sites for hydroxylation is 1. The van der Waals surface area contributed by atoms with Crippen LogP contribution in [0.2, 0.25) is 10.0 Å². The number of hydrogen-bond donors (Lipinski definition) is 0. The van der Waals surface area contributed by atoms with Crippen LogP contribution in [0.3, 0.4) is 0 Å². The Morgan fingerprint density at radius 3 is 2.87 bits per heavy atom. The number of hydrogen-bond acceptors (Lipinski definition) is 5. The van der Waals surface area contributed by atoms with Crippen molar-refractivity contribution < 1.29 is 18.8 Å². The van der Waals surface area contributed by atoms with E-state index in [1.165, 1.54) is 0 Å². The van der Waals surface area contributed by atoms with E-state index < -0.39 is 6.10 Å². The van der Waals surface area contributed by atoms with Crippen LogP contribution < -0.4 is 4.74 Å². The van der Waals surface area contributed by atoms with Gasteiger partial charge in [-0.1, -0.05) is 34.4 Å². The van der Waals surface area contributed by atoms with E-state index in [4.69, 9.17) is 37.2 Å². The summed E-state index contributed by atoms with van der Waals surface area (Å²) in [5.74, 6) is 0.854. The van der Waals surface area contributed by atoms with Crippen LogP contribution in [0.5, 0.6) is 5.75 Å². The van der Waals surface area contributed by atoms with Gasteiger partial charge in [0.1, 0.15) is 28.3 Å². The van der Waals surface area contributed by atoms with Crippen molar-refractivity contribution in [1.82, 2.24) is 5.16 Å². The Balaban J connectivity index is 1.71. The number of halogens is 2. The number of esters is 1. The molecule has 124 valence electrons. The second kappa shape index (κ2) is 8.22. The summed E-state index contributed by atoms with van der Waals surface area (Å²) in [7, 11) is 0. The van der Waals surface area contributed by atoms with Crippen LogP contribution >= 0.6 is 23.2 Å². The van der Waals surface area contributed by atoms with Crippen LogP contribution in [-0.2, 0) is 9.53 Å². The normalized spacial score (nSPS) is 12.0. The maximum atomic E-state index is 11.8.